The molecule has 0 radical (unpaired) electrons. The summed E-state index contributed by atoms with van der Waals surface area (Å²) in [6.07, 6.45) is 0. The zero-order valence-corrected chi connectivity index (χ0v) is 18.7. The summed E-state index contributed by atoms with van der Waals surface area (Å²) < 4.78 is 21.7. The second-order valence-corrected chi connectivity index (χ2v) is 7.20. The van der Waals surface area contributed by atoms with Crippen molar-refractivity contribution < 1.29 is 23.5 Å². The van der Waals surface area contributed by atoms with Crippen molar-refractivity contribution in [1.82, 2.24) is 10.1 Å². The summed E-state index contributed by atoms with van der Waals surface area (Å²) in [5.41, 5.74) is 3.42. The number of carbonyl (C=O) groups is 1. The average molecular weight is 445 g/mol. The van der Waals surface area contributed by atoms with Gasteiger partial charge >= 0.3 is 0 Å². The van der Waals surface area contributed by atoms with Crippen molar-refractivity contribution in [1.29, 1.82) is 0 Å². The van der Waals surface area contributed by atoms with E-state index in [1.807, 2.05) is 31.2 Å². The number of carbonyl (C=O) groups excluding carboxylic acids is 1. The molecule has 4 rings (SSSR count). The molecular weight excluding hydrogens is 422 g/mol. The van der Waals surface area contributed by atoms with Gasteiger partial charge in [-0.05, 0) is 43.3 Å². The van der Waals surface area contributed by atoms with Gasteiger partial charge < -0.3 is 24.1 Å². The fraction of sp³-hybridized carbons (Fsp3) is 0.160. The third-order valence-electron chi connectivity index (χ3n) is 5.07. The lowest BCUT2D eigenvalue weighted by Crippen LogP contribution is -2.12. The monoisotopic (exact) mass is 445 g/mol. The molecule has 0 bridgehead atoms. The van der Waals surface area contributed by atoms with Crippen LogP contribution in [0.2, 0.25) is 0 Å². The fourth-order valence-electron chi connectivity index (χ4n) is 3.34. The number of hydrogen-bond acceptors (Lipinski definition) is 7. The van der Waals surface area contributed by atoms with E-state index in [1.54, 1.807) is 36.4 Å². The van der Waals surface area contributed by atoms with E-state index < -0.39 is 0 Å². The number of methoxy groups -OCH3 is 3. The number of rotatable bonds is 7. The fourth-order valence-corrected chi connectivity index (χ4v) is 3.34. The van der Waals surface area contributed by atoms with Gasteiger partial charge in [-0.25, -0.2) is 0 Å². The third-order valence-corrected chi connectivity index (χ3v) is 5.07. The van der Waals surface area contributed by atoms with Gasteiger partial charge in [0.2, 0.25) is 11.6 Å². The first kappa shape index (κ1) is 21.9. The molecule has 0 fully saturated rings. The number of nitrogens with one attached hydrogen (secondary N) is 1. The van der Waals surface area contributed by atoms with Crippen molar-refractivity contribution >= 4 is 11.6 Å². The SMILES string of the molecule is COc1cc(-c2noc(-c3ccccc3NC(=O)c3ccc(C)cc3)n2)cc(OC)c1OC. The van der Waals surface area contributed by atoms with Gasteiger partial charge in [-0.1, -0.05) is 35.0 Å². The van der Waals surface area contributed by atoms with Crippen molar-refractivity contribution in [3.8, 4) is 40.1 Å². The lowest BCUT2D eigenvalue weighted by molar-refractivity contribution is 0.102. The highest BCUT2D eigenvalue weighted by molar-refractivity contribution is 6.06. The Kier molecular flexibility index (Phi) is 6.26. The number of aromatic nitrogens is 2. The summed E-state index contributed by atoms with van der Waals surface area (Å²) in [5, 5.41) is 7.03. The highest BCUT2D eigenvalue weighted by Gasteiger charge is 2.19. The van der Waals surface area contributed by atoms with E-state index in [4.69, 9.17) is 18.7 Å². The maximum Gasteiger partial charge on any atom is 0.260 e. The molecule has 0 atom stereocenters. The molecule has 0 aliphatic heterocycles. The molecule has 0 saturated heterocycles. The Morgan fingerprint density at radius 1 is 0.909 bits per heavy atom. The molecule has 0 saturated carbocycles. The first-order valence-electron chi connectivity index (χ1n) is 10.2. The lowest BCUT2D eigenvalue weighted by atomic mass is 10.1. The van der Waals surface area contributed by atoms with E-state index >= 15 is 0 Å². The minimum atomic E-state index is -0.230. The highest BCUT2D eigenvalue weighted by atomic mass is 16.5. The van der Waals surface area contributed by atoms with Crippen LogP contribution in [0.15, 0.2) is 65.2 Å². The summed E-state index contributed by atoms with van der Waals surface area (Å²) in [7, 11) is 4.61. The topological polar surface area (TPSA) is 95.7 Å². The smallest absolute Gasteiger partial charge is 0.260 e. The number of para-hydroxylation sites is 1. The summed E-state index contributed by atoms with van der Waals surface area (Å²) in [5.74, 6) is 1.79. The standard InChI is InChI=1S/C25H23N3O5/c1-15-9-11-16(12-10-15)24(29)26-19-8-6-5-7-18(19)25-27-23(28-33-25)17-13-20(30-2)22(32-4)21(14-17)31-3/h5-14H,1-4H3,(H,26,29). The molecule has 0 aliphatic carbocycles. The number of benzene rings is 3. The van der Waals surface area contributed by atoms with E-state index in [0.717, 1.165) is 5.56 Å². The minimum absolute atomic E-state index is 0.230. The summed E-state index contributed by atoms with van der Waals surface area (Å²) in [4.78, 5) is 17.2. The van der Waals surface area contributed by atoms with E-state index in [2.05, 4.69) is 15.5 Å². The Labute approximate surface area is 191 Å². The molecular formula is C25H23N3O5. The molecule has 1 amide bonds. The van der Waals surface area contributed by atoms with Crippen LogP contribution in [0.4, 0.5) is 5.69 Å². The number of amides is 1. The molecule has 0 aliphatic rings. The number of anilines is 1. The Morgan fingerprint density at radius 3 is 2.21 bits per heavy atom. The van der Waals surface area contributed by atoms with E-state index in [-0.39, 0.29) is 11.8 Å². The van der Waals surface area contributed by atoms with Crippen LogP contribution in [0, 0.1) is 6.92 Å². The van der Waals surface area contributed by atoms with Crippen molar-refractivity contribution in [3.05, 3.63) is 71.8 Å². The third kappa shape index (κ3) is 4.50. The number of hydrogen-bond donors (Lipinski definition) is 1. The number of ether oxygens (including phenoxy) is 3. The number of aryl methyl sites for hydroxylation is 1. The maximum atomic E-state index is 12.7. The normalized spacial score (nSPS) is 10.5. The molecule has 33 heavy (non-hydrogen) atoms. The predicted octanol–water partition coefficient (Wildman–Crippen LogP) is 4.99. The second-order valence-electron chi connectivity index (χ2n) is 7.20. The Morgan fingerprint density at radius 2 is 1.58 bits per heavy atom. The molecule has 3 aromatic carbocycles. The van der Waals surface area contributed by atoms with Crippen LogP contribution in [-0.2, 0) is 0 Å². The summed E-state index contributed by atoms with van der Waals surface area (Å²) in [6, 6.07) is 18.1. The van der Waals surface area contributed by atoms with Crippen LogP contribution in [0.1, 0.15) is 15.9 Å². The maximum absolute atomic E-state index is 12.7. The van der Waals surface area contributed by atoms with Gasteiger partial charge in [-0.3, -0.25) is 4.79 Å². The Hall–Kier alpha value is -4.33. The van der Waals surface area contributed by atoms with Crippen molar-refractivity contribution in [2.45, 2.75) is 6.92 Å². The largest absolute Gasteiger partial charge is 0.493 e. The second kappa shape index (κ2) is 9.44. The van der Waals surface area contributed by atoms with Crippen LogP contribution >= 0.6 is 0 Å². The first-order valence-corrected chi connectivity index (χ1v) is 10.2. The first-order chi connectivity index (χ1) is 16.0. The summed E-state index contributed by atoms with van der Waals surface area (Å²) in [6.45, 7) is 1.97. The van der Waals surface area contributed by atoms with Gasteiger partial charge in [0.05, 0.1) is 32.6 Å². The predicted molar refractivity (Wildman–Crippen MR) is 124 cm³/mol. The van der Waals surface area contributed by atoms with Crippen LogP contribution in [-0.4, -0.2) is 37.4 Å². The van der Waals surface area contributed by atoms with Gasteiger partial charge in [0.25, 0.3) is 11.8 Å². The van der Waals surface area contributed by atoms with Gasteiger partial charge in [0, 0.05) is 11.1 Å². The molecule has 4 aromatic rings. The molecule has 0 spiro atoms. The molecule has 8 nitrogen and oxygen atoms in total. The zero-order chi connectivity index (χ0) is 23.4. The quantitative estimate of drug-likeness (QED) is 0.428. The van der Waals surface area contributed by atoms with Gasteiger partial charge in [0.1, 0.15) is 0 Å². The van der Waals surface area contributed by atoms with Crippen molar-refractivity contribution in [3.63, 3.8) is 0 Å². The van der Waals surface area contributed by atoms with Crippen LogP contribution in [0.25, 0.3) is 22.8 Å². The van der Waals surface area contributed by atoms with Gasteiger partial charge in [0.15, 0.2) is 11.5 Å². The molecule has 1 N–H and O–H groups in total. The van der Waals surface area contributed by atoms with Crippen LogP contribution in [0.5, 0.6) is 17.2 Å². The highest BCUT2D eigenvalue weighted by Crippen LogP contribution is 2.41. The lowest BCUT2D eigenvalue weighted by Gasteiger charge is -2.12. The summed E-state index contributed by atoms with van der Waals surface area (Å²) >= 11 is 0. The van der Waals surface area contributed by atoms with Crippen LogP contribution in [0.3, 0.4) is 0 Å². The molecule has 168 valence electrons. The molecule has 0 unspecified atom stereocenters. The molecule has 1 heterocycles. The molecule has 1 aromatic heterocycles. The van der Waals surface area contributed by atoms with E-state index in [0.29, 0.717) is 45.5 Å². The van der Waals surface area contributed by atoms with Crippen LogP contribution < -0.4 is 19.5 Å². The Balaban J connectivity index is 1.66. The minimum Gasteiger partial charge on any atom is -0.493 e. The van der Waals surface area contributed by atoms with E-state index in [9.17, 15) is 4.79 Å². The molecule has 8 heteroatoms. The average Bonchev–Trinajstić information content (AvgIpc) is 3.34. The Bertz CT molecular complexity index is 1260. The number of nitrogens with zero attached hydrogens (tertiary/aromatic N) is 2. The zero-order valence-electron chi connectivity index (χ0n) is 18.7. The van der Waals surface area contributed by atoms with Gasteiger partial charge in [-0.15, -0.1) is 0 Å². The van der Waals surface area contributed by atoms with Crippen molar-refractivity contribution in [2.24, 2.45) is 0 Å². The van der Waals surface area contributed by atoms with Gasteiger partial charge in [-0.2, -0.15) is 4.98 Å². The van der Waals surface area contributed by atoms with Crippen molar-refractivity contribution in [2.75, 3.05) is 26.6 Å². The van der Waals surface area contributed by atoms with E-state index in [1.165, 1.54) is 21.3 Å².